The number of hydrogen-bond donors (Lipinski definition) is 0. The van der Waals surface area contributed by atoms with Crippen LogP contribution in [-0.2, 0) is 0 Å². The first kappa shape index (κ1) is 10.1. The van der Waals surface area contributed by atoms with Crippen molar-refractivity contribution in [3.63, 3.8) is 0 Å². The summed E-state index contributed by atoms with van der Waals surface area (Å²) in [4.78, 5) is 2.38. The molecule has 0 aromatic heterocycles. The van der Waals surface area contributed by atoms with Crippen LogP contribution in [0.15, 0.2) is 36.6 Å². The molecule has 0 saturated carbocycles. The Kier molecular flexibility index (Phi) is 3.81. The summed E-state index contributed by atoms with van der Waals surface area (Å²) < 4.78 is 0. The molecule has 1 aliphatic carbocycles. The Bertz CT molecular complexity index is 225. The van der Waals surface area contributed by atoms with E-state index in [0.29, 0.717) is 6.04 Å². The lowest BCUT2D eigenvalue weighted by Gasteiger charge is -2.32. The van der Waals surface area contributed by atoms with Crippen LogP contribution in [0.2, 0.25) is 0 Å². The first-order valence-electron chi connectivity index (χ1n) is 5.01. The van der Waals surface area contributed by atoms with Gasteiger partial charge in [-0.1, -0.05) is 37.8 Å². The number of allylic oxidation sites excluding steroid dienone is 3. The van der Waals surface area contributed by atoms with Crippen LogP contribution in [0.5, 0.6) is 0 Å². The Morgan fingerprint density at radius 3 is 2.77 bits per heavy atom. The summed E-state index contributed by atoms with van der Waals surface area (Å²) in [6.45, 7) is 9.42. The second-order valence-electron chi connectivity index (χ2n) is 3.54. The highest BCUT2D eigenvalue weighted by Crippen LogP contribution is 2.16. The number of rotatable bonds is 4. The standard InChI is InChI=1S/C12H19N/c1-4-10-13(11(2)3)12-8-6-5-7-9-12/h5-8,12H,2,4,9-10H2,1,3H3. The summed E-state index contributed by atoms with van der Waals surface area (Å²) in [6, 6.07) is 0.530. The Labute approximate surface area is 81.4 Å². The van der Waals surface area contributed by atoms with Gasteiger partial charge in [-0.3, -0.25) is 0 Å². The van der Waals surface area contributed by atoms with E-state index in [9.17, 15) is 0 Å². The van der Waals surface area contributed by atoms with Crippen LogP contribution >= 0.6 is 0 Å². The van der Waals surface area contributed by atoms with E-state index in [0.717, 1.165) is 13.0 Å². The van der Waals surface area contributed by atoms with Crippen molar-refractivity contribution in [2.45, 2.75) is 32.7 Å². The lowest BCUT2D eigenvalue weighted by molar-refractivity contribution is 0.293. The molecule has 0 amide bonds. The molecule has 0 saturated heterocycles. The van der Waals surface area contributed by atoms with Crippen molar-refractivity contribution < 1.29 is 0 Å². The Morgan fingerprint density at radius 1 is 1.54 bits per heavy atom. The summed E-state index contributed by atoms with van der Waals surface area (Å²) in [6.07, 6.45) is 11.0. The Hall–Kier alpha value is -0.980. The van der Waals surface area contributed by atoms with Crippen LogP contribution in [0.1, 0.15) is 26.7 Å². The van der Waals surface area contributed by atoms with Gasteiger partial charge < -0.3 is 4.90 Å². The molecule has 13 heavy (non-hydrogen) atoms. The summed E-state index contributed by atoms with van der Waals surface area (Å²) in [5.41, 5.74) is 1.17. The summed E-state index contributed by atoms with van der Waals surface area (Å²) >= 11 is 0. The van der Waals surface area contributed by atoms with Crippen molar-refractivity contribution in [3.8, 4) is 0 Å². The first-order valence-corrected chi connectivity index (χ1v) is 5.01. The van der Waals surface area contributed by atoms with Crippen molar-refractivity contribution in [1.29, 1.82) is 0 Å². The molecule has 0 bridgehead atoms. The Balaban J connectivity index is 2.59. The summed E-state index contributed by atoms with van der Waals surface area (Å²) in [7, 11) is 0. The molecule has 0 N–H and O–H groups in total. The summed E-state index contributed by atoms with van der Waals surface area (Å²) in [5, 5.41) is 0. The van der Waals surface area contributed by atoms with Gasteiger partial charge in [0, 0.05) is 12.2 Å². The van der Waals surface area contributed by atoms with E-state index < -0.39 is 0 Å². The fourth-order valence-corrected chi connectivity index (χ4v) is 1.68. The smallest absolute Gasteiger partial charge is 0.0507 e. The molecule has 0 fully saturated rings. The highest BCUT2D eigenvalue weighted by molar-refractivity contribution is 5.15. The molecule has 72 valence electrons. The Morgan fingerprint density at radius 2 is 2.31 bits per heavy atom. The lowest BCUT2D eigenvalue weighted by Crippen LogP contribution is -2.32. The topological polar surface area (TPSA) is 3.24 Å². The zero-order valence-electron chi connectivity index (χ0n) is 8.66. The van der Waals surface area contributed by atoms with Gasteiger partial charge in [-0.25, -0.2) is 0 Å². The van der Waals surface area contributed by atoms with Crippen LogP contribution in [0.25, 0.3) is 0 Å². The predicted molar refractivity (Wildman–Crippen MR) is 58.5 cm³/mol. The fourth-order valence-electron chi connectivity index (χ4n) is 1.68. The molecule has 1 heteroatoms. The molecule has 0 aromatic carbocycles. The molecule has 0 spiro atoms. The molecule has 0 aromatic rings. The zero-order chi connectivity index (χ0) is 9.68. The lowest BCUT2D eigenvalue weighted by atomic mass is 10.1. The van der Waals surface area contributed by atoms with Crippen LogP contribution < -0.4 is 0 Å². The molecule has 1 aliphatic rings. The van der Waals surface area contributed by atoms with E-state index in [1.165, 1.54) is 12.1 Å². The normalized spacial score (nSPS) is 20.3. The van der Waals surface area contributed by atoms with Gasteiger partial charge in [0.2, 0.25) is 0 Å². The molecule has 1 unspecified atom stereocenters. The second kappa shape index (κ2) is 4.90. The first-order chi connectivity index (χ1) is 6.25. The third-order valence-corrected chi connectivity index (χ3v) is 2.31. The van der Waals surface area contributed by atoms with E-state index in [1.807, 2.05) is 0 Å². The highest BCUT2D eigenvalue weighted by atomic mass is 15.2. The van der Waals surface area contributed by atoms with E-state index in [-0.39, 0.29) is 0 Å². The third-order valence-electron chi connectivity index (χ3n) is 2.31. The number of hydrogen-bond acceptors (Lipinski definition) is 1. The van der Waals surface area contributed by atoms with Gasteiger partial charge in [-0.15, -0.1) is 0 Å². The van der Waals surface area contributed by atoms with Crippen molar-refractivity contribution in [2.24, 2.45) is 0 Å². The van der Waals surface area contributed by atoms with Crippen LogP contribution in [-0.4, -0.2) is 17.5 Å². The van der Waals surface area contributed by atoms with Gasteiger partial charge in [0.15, 0.2) is 0 Å². The van der Waals surface area contributed by atoms with Crippen LogP contribution in [0.4, 0.5) is 0 Å². The van der Waals surface area contributed by atoms with Crippen molar-refractivity contribution in [3.05, 3.63) is 36.6 Å². The molecular formula is C12H19N. The molecule has 0 heterocycles. The summed E-state index contributed by atoms with van der Waals surface area (Å²) in [5.74, 6) is 0. The van der Waals surface area contributed by atoms with Crippen molar-refractivity contribution >= 4 is 0 Å². The molecule has 1 nitrogen and oxygen atoms in total. The van der Waals surface area contributed by atoms with E-state index in [1.54, 1.807) is 0 Å². The van der Waals surface area contributed by atoms with Crippen molar-refractivity contribution in [2.75, 3.05) is 6.54 Å². The maximum atomic E-state index is 4.02. The van der Waals surface area contributed by atoms with E-state index >= 15 is 0 Å². The average molecular weight is 177 g/mol. The minimum atomic E-state index is 0.530. The molecular weight excluding hydrogens is 158 g/mol. The van der Waals surface area contributed by atoms with E-state index in [2.05, 4.69) is 49.6 Å². The van der Waals surface area contributed by atoms with E-state index in [4.69, 9.17) is 0 Å². The van der Waals surface area contributed by atoms with Gasteiger partial charge in [-0.05, 0) is 19.8 Å². The maximum Gasteiger partial charge on any atom is 0.0507 e. The largest absolute Gasteiger partial charge is 0.369 e. The fraction of sp³-hybridized carbons (Fsp3) is 0.500. The average Bonchev–Trinajstić information content (AvgIpc) is 2.15. The molecule has 0 aliphatic heterocycles. The zero-order valence-corrected chi connectivity index (χ0v) is 8.66. The number of nitrogens with zero attached hydrogens (tertiary/aromatic N) is 1. The predicted octanol–water partition coefficient (Wildman–Crippen LogP) is 3.12. The van der Waals surface area contributed by atoms with Gasteiger partial charge in [0.1, 0.15) is 0 Å². The van der Waals surface area contributed by atoms with Crippen LogP contribution in [0.3, 0.4) is 0 Å². The van der Waals surface area contributed by atoms with Gasteiger partial charge in [0.25, 0.3) is 0 Å². The molecule has 0 radical (unpaired) electrons. The molecule has 1 atom stereocenters. The van der Waals surface area contributed by atoms with Crippen molar-refractivity contribution in [1.82, 2.24) is 4.90 Å². The molecule has 1 rings (SSSR count). The minimum Gasteiger partial charge on any atom is -0.369 e. The second-order valence-corrected chi connectivity index (χ2v) is 3.54. The van der Waals surface area contributed by atoms with Gasteiger partial charge >= 0.3 is 0 Å². The SMILES string of the molecule is C=C(C)N(CCC)C1C=CC=CC1. The van der Waals surface area contributed by atoms with Gasteiger partial charge in [-0.2, -0.15) is 0 Å². The maximum absolute atomic E-state index is 4.02. The van der Waals surface area contributed by atoms with Crippen LogP contribution in [0, 0.1) is 0 Å². The van der Waals surface area contributed by atoms with Gasteiger partial charge in [0.05, 0.1) is 6.04 Å². The highest BCUT2D eigenvalue weighted by Gasteiger charge is 2.13. The quantitative estimate of drug-likeness (QED) is 0.637. The minimum absolute atomic E-state index is 0.530. The third kappa shape index (κ3) is 2.76. The monoisotopic (exact) mass is 177 g/mol.